The van der Waals surface area contributed by atoms with Crippen molar-refractivity contribution in [1.29, 1.82) is 0 Å². The molecule has 0 aromatic heterocycles. The standard InChI is InChI=1S/C16H19F2NO3.C2H2F3NO.ClH/c1-16(2,3)22-15(21)19-5-4-13(20)9-14(19)10-6-11(17)8-12(18)7-10;3-2(4,5)1(6)7;/h6-8,14H,4-5,9H2,1-3H3;(H2,6,7);1H/t14-;;/m0../s1. The van der Waals surface area contributed by atoms with Crippen LogP contribution in [0, 0.1) is 11.6 Å². The number of nitrogens with zero attached hydrogens (tertiary/aromatic N) is 1. The molecular weight excluding hydrogens is 439 g/mol. The summed E-state index contributed by atoms with van der Waals surface area (Å²) in [6, 6.07) is 2.33. The number of alkyl halides is 3. The van der Waals surface area contributed by atoms with Crippen molar-refractivity contribution in [3.8, 4) is 0 Å². The van der Waals surface area contributed by atoms with E-state index in [1.54, 1.807) is 20.8 Å². The SMILES string of the molecule is CC(C)(C)OC(=O)N1CCC(=O)C[C@H]1c1cc(F)cc(F)c1.Cl.NC(=O)C(F)(F)F. The van der Waals surface area contributed by atoms with Crippen LogP contribution in [0.4, 0.5) is 26.7 Å². The van der Waals surface area contributed by atoms with Gasteiger partial charge in [0.05, 0.1) is 6.04 Å². The van der Waals surface area contributed by atoms with E-state index >= 15 is 0 Å². The van der Waals surface area contributed by atoms with E-state index in [1.807, 2.05) is 0 Å². The van der Waals surface area contributed by atoms with Gasteiger partial charge in [-0.05, 0) is 38.5 Å². The summed E-state index contributed by atoms with van der Waals surface area (Å²) in [5, 5.41) is 0. The van der Waals surface area contributed by atoms with Gasteiger partial charge in [0.15, 0.2) is 0 Å². The summed E-state index contributed by atoms with van der Waals surface area (Å²) in [6.07, 6.45) is -5.20. The Balaban J connectivity index is 0.000000909. The number of ketones is 1. The van der Waals surface area contributed by atoms with Gasteiger partial charge < -0.3 is 15.4 Å². The highest BCUT2D eigenvalue weighted by Crippen LogP contribution is 2.31. The van der Waals surface area contributed by atoms with E-state index in [4.69, 9.17) is 9.53 Å². The molecule has 0 spiro atoms. The first kappa shape index (κ1) is 27.6. The van der Waals surface area contributed by atoms with Crippen LogP contribution in [-0.2, 0) is 14.3 Å². The second kappa shape index (κ2) is 10.6. The first-order chi connectivity index (χ1) is 13.1. The number of amides is 2. The van der Waals surface area contributed by atoms with Gasteiger partial charge in [0.1, 0.15) is 23.0 Å². The Bertz CT molecular complexity index is 761. The molecule has 2 amide bonds. The van der Waals surface area contributed by atoms with Crippen LogP contribution in [0.15, 0.2) is 18.2 Å². The minimum Gasteiger partial charge on any atom is -0.444 e. The molecule has 1 fully saturated rings. The highest BCUT2D eigenvalue weighted by atomic mass is 35.5. The van der Waals surface area contributed by atoms with Crippen LogP contribution >= 0.6 is 12.4 Å². The van der Waals surface area contributed by atoms with Crippen LogP contribution in [0.5, 0.6) is 0 Å². The normalized spacial score (nSPS) is 16.7. The Kier molecular flexibility index (Phi) is 9.70. The van der Waals surface area contributed by atoms with Crippen LogP contribution in [-0.4, -0.2) is 41.0 Å². The Morgan fingerprint density at radius 1 is 1.10 bits per heavy atom. The number of halogens is 6. The molecule has 1 atom stereocenters. The average Bonchev–Trinajstić information content (AvgIpc) is 2.51. The first-order valence-electron chi connectivity index (χ1n) is 8.44. The fraction of sp³-hybridized carbons (Fsp3) is 0.500. The summed E-state index contributed by atoms with van der Waals surface area (Å²) < 4.78 is 64.3. The molecule has 0 saturated carbocycles. The third kappa shape index (κ3) is 8.93. The lowest BCUT2D eigenvalue weighted by Crippen LogP contribution is -2.44. The van der Waals surface area contributed by atoms with E-state index in [0.29, 0.717) is 0 Å². The zero-order valence-corrected chi connectivity index (χ0v) is 17.2. The zero-order valence-electron chi connectivity index (χ0n) is 16.4. The summed E-state index contributed by atoms with van der Waals surface area (Å²) in [7, 11) is 0. The molecule has 2 N–H and O–H groups in total. The Hall–Kier alpha value is -2.43. The van der Waals surface area contributed by atoms with E-state index in [2.05, 4.69) is 5.73 Å². The van der Waals surface area contributed by atoms with Crippen molar-refractivity contribution >= 4 is 30.2 Å². The van der Waals surface area contributed by atoms with Crippen LogP contribution < -0.4 is 5.73 Å². The first-order valence-corrected chi connectivity index (χ1v) is 8.44. The fourth-order valence-corrected chi connectivity index (χ4v) is 2.43. The largest absolute Gasteiger partial charge is 0.470 e. The number of carbonyl (C=O) groups is 3. The molecule has 1 aliphatic rings. The third-order valence-corrected chi connectivity index (χ3v) is 3.61. The maximum Gasteiger partial charge on any atom is 0.470 e. The fourth-order valence-electron chi connectivity index (χ4n) is 2.43. The van der Waals surface area contributed by atoms with Crippen molar-refractivity contribution in [2.75, 3.05) is 6.54 Å². The van der Waals surface area contributed by atoms with Gasteiger partial charge in [-0.15, -0.1) is 12.4 Å². The number of primary amides is 1. The lowest BCUT2D eigenvalue weighted by molar-refractivity contribution is -0.169. The monoisotopic (exact) mass is 460 g/mol. The number of carbonyl (C=O) groups excluding carboxylic acids is 3. The molecule has 1 aliphatic heterocycles. The number of hydrogen-bond donors (Lipinski definition) is 1. The molecule has 170 valence electrons. The predicted molar refractivity (Wildman–Crippen MR) is 98.8 cm³/mol. The van der Waals surface area contributed by atoms with Gasteiger partial charge in [-0.1, -0.05) is 0 Å². The zero-order chi connectivity index (χ0) is 22.6. The van der Waals surface area contributed by atoms with Crippen LogP contribution in [0.3, 0.4) is 0 Å². The van der Waals surface area contributed by atoms with Crippen molar-refractivity contribution in [1.82, 2.24) is 4.90 Å². The van der Waals surface area contributed by atoms with E-state index in [9.17, 15) is 31.5 Å². The number of piperidine rings is 1. The van der Waals surface area contributed by atoms with Crippen molar-refractivity contribution < 1.29 is 41.1 Å². The Labute approximate surface area is 175 Å². The summed E-state index contributed by atoms with van der Waals surface area (Å²) in [5.74, 6) is -3.78. The van der Waals surface area contributed by atoms with Gasteiger partial charge in [-0.3, -0.25) is 9.59 Å². The number of Topliss-reactive ketones (excluding diaryl/α,β-unsaturated/α-hetero) is 1. The van der Waals surface area contributed by atoms with Crippen molar-refractivity contribution in [2.24, 2.45) is 5.73 Å². The number of ether oxygens (including phenoxy) is 1. The van der Waals surface area contributed by atoms with Gasteiger partial charge in [0, 0.05) is 25.5 Å². The minimum absolute atomic E-state index is 0. The van der Waals surface area contributed by atoms with Crippen molar-refractivity contribution in [2.45, 2.75) is 51.4 Å². The molecule has 0 aliphatic carbocycles. The molecule has 6 nitrogen and oxygen atoms in total. The quantitative estimate of drug-likeness (QED) is 0.640. The lowest BCUT2D eigenvalue weighted by Gasteiger charge is -2.36. The molecule has 2 rings (SSSR count). The lowest BCUT2D eigenvalue weighted by atomic mass is 9.94. The third-order valence-electron chi connectivity index (χ3n) is 3.61. The summed E-state index contributed by atoms with van der Waals surface area (Å²) in [5.41, 5.74) is 3.38. The molecule has 1 heterocycles. The summed E-state index contributed by atoms with van der Waals surface area (Å²) in [6.45, 7) is 5.38. The van der Waals surface area contributed by atoms with Gasteiger partial charge in [0.2, 0.25) is 0 Å². The Morgan fingerprint density at radius 3 is 1.97 bits per heavy atom. The smallest absolute Gasteiger partial charge is 0.444 e. The van der Waals surface area contributed by atoms with E-state index in [-0.39, 0.29) is 43.1 Å². The van der Waals surface area contributed by atoms with Gasteiger partial charge in [-0.25, -0.2) is 13.6 Å². The molecule has 12 heteroatoms. The highest BCUT2D eigenvalue weighted by molar-refractivity contribution is 5.85. The van der Waals surface area contributed by atoms with Crippen molar-refractivity contribution in [3.05, 3.63) is 35.4 Å². The molecule has 0 unspecified atom stereocenters. The van der Waals surface area contributed by atoms with Crippen LogP contribution in [0.1, 0.15) is 45.2 Å². The van der Waals surface area contributed by atoms with E-state index in [0.717, 1.165) is 18.2 Å². The minimum atomic E-state index is -4.86. The molecule has 0 bridgehead atoms. The maximum atomic E-state index is 13.4. The van der Waals surface area contributed by atoms with Crippen LogP contribution in [0.2, 0.25) is 0 Å². The Morgan fingerprint density at radius 2 is 1.57 bits per heavy atom. The molecule has 1 aromatic carbocycles. The maximum absolute atomic E-state index is 13.4. The number of likely N-dealkylation sites (tertiary alicyclic amines) is 1. The number of hydrogen-bond acceptors (Lipinski definition) is 4. The molecule has 1 saturated heterocycles. The molecule has 1 aromatic rings. The number of rotatable bonds is 1. The van der Waals surface area contributed by atoms with Gasteiger partial charge in [0.25, 0.3) is 0 Å². The van der Waals surface area contributed by atoms with E-state index < -0.39 is 41.5 Å². The van der Waals surface area contributed by atoms with E-state index in [1.165, 1.54) is 4.90 Å². The molecule has 30 heavy (non-hydrogen) atoms. The number of benzene rings is 1. The van der Waals surface area contributed by atoms with Crippen LogP contribution in [0.25, 0.3) is 0 Å². The predicted octanol–water partition coefficient (Wildman–Crippen LogP) is 4.06. The number of nitrogens with two attached hydrogens (primary N) is 1. The summed E-state index contributed by atoms with van der Waals surface area (Å²) in [4.78, 5) is 34.5. The molecular formula is C18H22ClF5N2O4. The highest BCUT2D eigenvalue weighted by Gasteiger charge is 2.36. The topological polar surface area (TPSA) is 89.7 Å². The second-order valence-electron chi connectivity index (χ2n) is 7.25. The average molecular weight is 461 g/mol. The van der Waals surface area contributed by atoms with Gasteiger partial charge >= 0.3 is 18.2 Å². The summed E-state index contributed by atoms with van der Waals surface area (Å²) >= 11 is 0. The second-order valence-corrected chi connectivity index (χ2v) is 7.25. The molecule has 0 radical (unpaired) electrons. The van der Waals surface area contributed by atoms with Crippen molar-refractivity contribution in [3.63, 3.8) is 0 Å². The van der Waals surface area contributed by atoms with Gasteiger partial charge in [-0.2, -0.15) is 13.2 Å².